The first-order chi connectivity index (χ1) is 3.06. The van der Waals surface area contributed by atoms with Gasteiger partial charge in [-0.15, -0.1) is 0 Å². The summed E-state index contributed by atoms with van der Waals surface area (Å²) in [6, 6.07) is 0. The fourth-order valence-corrected chi connectivity index (χ4v) is 0.497. The van der Waals surface area contributed by atoms with Gasteiger partial charge in [0.1, 0.15) is 0 Å². The zero-order chi connectivity index (χ0) is 5.91. The van der Waals surface area contributed by atoms with Gasteiger partial charge in [0.25, 0.3) is 10.0 Å². The summed E-state index contributed by atoms with van der Waals surface area (Å²) in [7, 11) is -3.40. The number of hydrogen-bond acceptors (Lipinski definition) is 3. The molecule has 0 aliphatic rings. The van der Waals surface area contributed by atoms with Crippen LogP contribution in [0.25, 0.3) is 0 Å². The van der Waals surface area contributed by atoms with E-state index in [2.05, 4.69) is 3.77 Å². The van der Waals surface area contributed by atoms with Gasteiger partial charge >= 0.3 is 0 Å². The van der Waals surface area contributed by atoms with Gasteiger partial charge in [-0.05, 0) is 0 Å². The number of nitrogens with zero attached hydrogens (tertiary/aromatic N) is 1. The quantitative estimate of drug-likeness (QED) is 0.487. The summed E-state index contributed by atoms with van der Waals surface area (Å²) in [5.74, 6) is 0. The molecule has 4 nitrogen and oxygen atoms in total. The van der Waals surface area contributed by atoms with Gasteiger partial charge in [0.05, 0.1) is 6.26 Å². The van der Waals surface area contributed by atoms with Crippen LogP contribution >= 0.6 is 0 Å². The van der Waals surface area contributed by atoms with Crippen LogP contribution in [0.4, 0.5) is 0 Å². The Morgan fingerprint density at radius 3 is 2.00 bits per heavy atom. The average Bonchev–Trinajstić information content (AvgIpc) is 1.30. The summed E-state index contributed by atoms with van der Waals surface area (Å²) in [4.78, 5) is 0. The Bertz CT molecular complexity index is 185. The second kappa shape index (κ2) is 2.17. The lowest BCUT2D eigenvalue weighted by atomic mass is 12.0. The Morgan fingerprint density at radius 1 is 1.57 bits per heavy atom. The highest BCUT2D eigenvalue weighted by molar-refractivity contribution is 7.92. The van der Waals surface area contributed by atoms with Gasteiger partial charge in [0.2, 0.25) is 11.5 Å². The second-order valence-corrected chi connectivity index (χ2v) is 3.09. The number of sulfonamides is 1. The molecule has 42 valence electrons. The zero-order valence-electron chi connectivity index (χ0n) is 3.49. The smallest absolute Gasteiger partial charge is 0.204 e. The van der Waals surface area contributed by atoms with Crippen LogP contribution in [0, 0.1) is 0 Å². The monoisotopic (exact) mass is 141 g/mol. The molecule has 0 aromatic carbocycles. The molecule has 0 aliphatic carbocycles. The van der Waals surface area contributed by atoms with E-state index in [0.29, 0.717) is 0 Å². The molecule has 0 rings (SSSR count). The number of rotatable bonds is 1. The highest BCUT2D eigenvalue weighted by atomic mass is 32.2. The summed E-state index contributed by atoms with van der Waals surface area (Å²) >= 11 is -0.304. The molecule has 0 saturated carbocycles. The first-order valence-corrected chi connectivity index (χ1v) is 3.82. The minimum atomic E-state index is -3.40. The molecular weight excluding hydrogens is 138 g/mol. The van der Waals surface area contributed by atoms with Crippen LogP contribution in [0.1, 0.15) is 0 Å². The lowest BCUT2D eigenvalue weighted by molar-refractivity contribution is 0.604. The van der Waals surface area contributed by atoms with Crippen LogP contribution in [-0.4, -0.2) is 18.9 Å². The maximum absolute atomic E-state index is 9.84. The molecule has 0 aromatic rings. The number of hydrogen-bond donors (Lipinski definition) is 0. The molecule has 0 heterocycles. The van der Waals surface area contributed by atoms with Crippen molar-refractivity contribution in [1.82, 2.24) is 0 Å². The maximum Gasteiger partial charge on any atom is 0.262 e. The minimum Gasteiger partial charge on any atom is -0.204 e. The fourth-order valence-electron chi connectivity index (χ4n) is 0.0553. The van der Waals surface area contributed by atoms with Crippen LogP contribution in [0.15, 0.2) is 3.77 Å². The Labute approximate surface area is 44.8 Å². The Kier molecular flexibility index (Phi) is 2.10. The summed E-state index contributed by atoms with van der Waals surface area (Å²) in [5.41, 5.74) is 0. The molecule has 0 amide bonds. The SMILES string of the molecule is CS(=O)(=O)N=S=O. The van der Waals surface area contributed by atoms with Crippen molar-refractivity contribution in [1.29, 1.82) is 0 Å². The minimum absolute atomic E-state index is 0.304. The van der Waals surface area contributed by atoms with Crippen molar-refractivity contribution < 1.29 is 12.6 Å². The van der Waals surface area contributed by atoms with E-state index in [1.807, 2.05) is 0 Å². The average molecular weight is 141 g/mol. The van der Waals surface area contributed by atoms with Crippen LogP contribution in [0.3, 0.4) is 0 Å². The van der Waals surface area contributed by atoms with Crippen molar-refractivity contribution in [2.24, 2.45) is 3.77 Å². The molecule has 0 saturated heterocycles. The van der Waals surface area contributed by atoms with Crippen molar-refractivity contribution >= 4 is 21.5 Å². The predicted octanol–water partition coefficient (Wildman–Crippen LogP) is -0.657. The van der Waals surface area contributed by atoms with Crippen LogP contribution in [0.5, 0.6) is 0 Å². The summed E-state index contributed by atoms with van der Waals surface area (Å²) in [6.45, 7) is 0. The second-order valence-electron chi connectivity index (χ2n) is 0.882. The van der Waals surface area contributed by atoms with Crippen molar-refractivity contribution in [2.45, 2.75) is 0 Å². The van der Waals surface area contributed by atoms with E-state index < -0.39 is 10.0 Å². The van der Waals surface area contributed by atoms with E-state index in [1.54, 1.807) is 0 Å². The molecule has 7 heavy (non-hydrogen) atoms. The summed E-state index contributed by atoms with van der Waals surface area (Å²) in [6.07, 6.45) is 0.859. The molecule has 0 bridgehead atoms. The van der Waals surface area contributed by atoms with E-state index in [9.17, 15) is 12.6 Å². The van der Waals surface area contributed by atoms with Crippen molar-refractivity contribution in [3.63, 3.8) is 0 Å². The van der Waals surface area contributed by atoms with Gasteiger partial charge in [0.15, 0.2) is 0 Å². The molecule has 0 aliphatic heterocycles. The van der Waals surface area contributed by atoms with Gasteiger partial charge in [0, 0.05) is 0 Å². The standard InChI is InChI=1S/CH3NO3S2/c1-7(4,5)2-6-3/h1H3. The lowest BCUT2D eigenvalue weighted by Crippen LogP contribution is -1.85. The first-order valence-electron chi connectivity index (χ1n) is 1.27. The molecule has 0 fully saturated rings. The van der Waals surface area contributed by atoms with Crippen LogP contribution in [0.2, 0.25) is 0 Å². The van der Waals surface area contributed by atoms with Gasteiger partial charge in [-0.2, -0.15) is 4.21 Å². The molecule has 0 N–H and O–H groups in total. The zero-order valence-corrected chi connectivity index (χ0v) is 5.12. The summed E-state index contributed by atoms with van der Waals surface area (Å²) < 4.78 is 31.6. The lowest BCUT2D eigenvalue weighted by Gasteiger charge is -1.71. The van der Waals surface area contributed by atoms with Gasteiger partial charge in [-0.25, -0.2) is 8.42 Å². The molecule has 0 spiro atoms. The van der Waals surface area contributed by atoms with Gasteiger partial charge < -0.3 is 0 Å². The van der Waals surface area contributed by atoms with Crippen LogP contribution < -0.4 is 0 Å². The highest BCUT2D eigenvalue weighted by Gasteiger charge is 1.90. The van der Waals surface area contributed by atoms with Crippen molar-refractivity contribution in [3.05, 3.63) is 0 Å². The fraction of sp³-hybridized carbons (Fsp3) is 1.00. The maximum atomic E-state index is 9.84. The molecule has 0 radical (unpaired) electrons. The molecule has 0 unspecified atom stereocenters. The Morgan fingerprint density at radius 2 is 2.00 bits per heavy atom. The van der Waals surface area contributed by atoms with Crippen molar-refractivity contribution in [3.8, 4) is 0 Å². The predicted molar refractivity (Wildman–Crippen MR) is 25.4 cm³/mol. The third-order valence-corrected chi connectivity index (χ3v) is 1.49. The third kappa shape index (κ3) is 5.77. The van der Waals surface area contributed by atoms with E-state index >= 15 is 0 Å². The topological polar surface area (TPSA) is 63.6 Å². The van der Waals surface area contributed by atoms with E-state index in [-0.39, 0.29) is 11.5 Å². The van der Waals surface area contributed by atoms with E-state index in [1.165, 1.54) is 0 Å². The highest BCUT2D eigenvalue weighted by Crippen LogP contribution is 1.77. The van der Waals surface area contributed by atoms with Crippen molar-refractivity contribution in [2.75, 3.05) is 6.26 Å². The Hall–Kier alpha value is -0.230. The van der Waals surface area contributed by atoms with E-state index in [0.717, 1.165) is 6.26 Å². The first kappa shape index (κ1) is 6.77. The van der Waals surface area contributed by atoms with Gasteiger partial charge in [-0.3, -0.25) is 0 Å². The van der Waals surface area contributed by atoms with E-state index in [4.69, 9.17) is 0 Å². The molecule has 6 heteroatoms. The Balaban J connectivity index is 4.44. The largest absolute Gasteiger partial charge is 0.262 e. The molecule has 0 atom stereocenters. The van der Waals surface area contributed by atoms with Gasteiger partial charge in [-0.1, -0.05) is 3.77 Å². The summed E-state index contributed by atoms with van der Waals surface area (Å²) in [5, 5.41) is 0. The normalized spacial score (nSPS) is 10.4. The van der Waals surface area contributed by atoms with Crippen LogP contribution in [-0.2, 0) is 21.5 Å². The molecule has 0 aromatic heterocycles. The third-order valence-electron chi connectivity index (χ3n) is 0.166. The molecular formula is CH3NO3S2.